The second-order valence-electron chi connectivity index (χ2n) is 5.80. The molecule has 0 spiro atoms. The number of ether oxygens (including phenoxy) is 1. The van der Waals surface area contributed by atoms with Crippen molar-refractivity contribution in [3.63, 3.8) is 0 Å². The molecule has 3 rings (SSSR count). The lowest BCUT2D eigenvalue weighted by Crippen LogP contribution is -2.21. The number of fused-ring (bicyclic) bond motifs is 1. The van der Waals surface area contributed by atoms with Crippen LogP contribution in [0.3, 0.4) is 0 Å². The Morgan fingerprint density at radius 3 is 2.90 bits per heavy atom. The van der Waals surface area contributed by atoms with E-state index in [1.54, 1.807) is 0 Å². The van der Waals surface area contributed by atoms with Crippen molar-refractivity contribution in [2.24, 2.45) is 11.1 Å². The van der Waals surface area contributed by atoms with Gasteiger partial charge in [-0.3, -0.25) is 4.79 Å². The minimum Gasteiger partial charge on any atom is -0.493 e. The molecular weight excluding hydrogens is 272 g/mol. The summed E-state index contributed by atoms with van der Waals surface area (Å²) in [6.07, 6.45) is 4.35. The minimum absolute atomic E-state index is 0.0829. The molecule has 0 radical (unpaired) electrons. The van der Waals surface area contributed by atoms with Gasteiger partial charge in [-0.1, -0.05) is 12.2 Å². The monoisotopic (exact) mass is 290 g/mol. The van der Waals surface area contributed by atoms with Crippen LogP contribution < -0.4 is 15.8 Å². The van der Waals surface area contributed by atoms with Gasteiger partial charge in [-0.05, 0) is 43.0 Å². The summed E-state index contributed by atoms with van der Waals surface area (Å²) in [7, 11) is 0. The maximum absolute atomic E-state index is 11.3. The molecule has 3 N–H and O–H groups in total. The van der Waals surface area contributed by atoms with Crippen LogP contribution in [0.2, 0.25) is 0 Å². The van der Waals surface area contributed by atoms with E-state index in [-0.39, 0.29) is 11.3 Å². The first-order chi connectivity index (χ1) is 9.56. The first-order valence-electron chi connectivity index (χ1n) is 6.90. The number of hydrogen-bond acceptors (Lipinski definition) is 3. The maximum Gasteiger partial charge on any atom is 0.224 e. The third kappa shape index (κ3) is 2.93. The van der Waals surface area contributed by atoms with Crippen molar-refractivity contribution in [3.8, 4) is 5.75 Å². The van der Waals surface area contributed by atoms with Crippen molar-refractivity contribution < 1.29 is 9.53 Å². The van der Waals surface area contributed by atoms with Crippen LogP contribution in [-0.2, 0) is 11.2 Å². The van der Waals surface area contributed by atoms with E-state index in [4.69, 9.17) is 22.7 Å². The molecule has 1 fully saturated rings. The maximum atomic E-state index is 11.3. The number of carbonyl (C=O) groups excluding carboxylic acids is 1. The topological polar surface area (TPSA) is 64.3 Å². The van der Waals surface area contributed by atoms with Gasteiger partial charge < -0.3 is 15.8 Å². The number of amides is 1. The molecule has 1 aliphatic heterocycles. The number of rotatable bonds is 5. The van der Waals surface area contributed by atoms with Gasteiger partial charge in [0.05, 0.1) is 11.6 Å². The number of hydrogen-bond donors (Lipinski definition) is 2. The lowest BCUT2D eigenvalue weighted by atomic mass is 10.0. The predicted molar refractivity (Wildman–Crippen MR) is 82.0 cm³/mol. The van der Waals surface area contributed by atoms with Gasteiger partial charge in [-0.15, -0.1) is 0 Å². The van der Waals surface area contributed by atoms with Gasteiger partial charge in [0.1, 0.15) is 5.75 Å². The van der Waals surface area contributed by atoms with Crippen molar-refractivity contribution in [1.29, 1.82) is 0 Å². The molecule has 1 aromatic rings. The molecule has 1 saturated carbocycles. The quantitative estimate of drug-likeness (QED) is 0.817. The number of benzene rings is 1. The van der Waals surface area contributed by atoms with Gasteiger partial charge in [-0.25, -0.2) is 0 Å². The Morgan fingerprint density at radius 2 is 2.20 bits per heavy atom. The number of carbonyl (C=O) groups is 1. The van der Waals surface area contributed by atoms with Crippen LogP contribution in [0.25, 0.3) is 0 Å². The Kier molecular flexibility index (Phi) is 3.38. The Labute approximate surface area is 123 Å². The molecule has 0 aromatic heterocycles. The summed E-state index contributed by atoms with van der Waals surface area (Å²) in [6, 6.07) is 5.84. The highest BCUT2D eigenvalue weighted by atomic mass is 32.1. The molecule has 0 bridgehead atoms. The first-order valence-corrected chi connectivity index (χ1v) is 7.31. The minimum atomic E-state index is 0.0829. The van der Waals surface area contributed by atoms with Crippen LogP contribution in [0.1, 0.15) is 31.2 Å². The third-order valence-electron chi connectivity index (χ3n) is 4.02. The Hall–Kier alpha value is -1.62. The predicted octanol–water partition coefficient (Wildman–Crippen LogP) is 2.41. The van der Waals surface area contributed by atoms with Gasteiger partial charge in [0.2, 0.25) is 5.91 Å². The highest BCUT2D eigenvalue weighted by Crippen LogP contribution is 2.49. The fraction of sp³-hybridized carbons (Fsp3) is 0.467. The van der Waals surface area contributed by atoms with Gasteiger partial charge in [0.15, 0.2) is 0 Å². The second-order valence-corrected chi connectivity index (χ2v) is 6.32. The standard InChI is InChI=1S/C15H18N2O2S/c16-13(20)8-15(5-6-15)9-19-11-2-3-12-10(7-11)1-4-14(18)17-12/h2-3,7H,1,4-6,8-9H2,(H2,16,20)(H,17,18). The molecule has 0 unspecified atom stereocenters. The lowest BCUT2D eigenvalue weighted by molar-refractivity contribution is -0.116. The van der Waals surface area contributed by atoms with Crippen molar-refractivity contribution in [2.45, 2.75) is 32.1 Å². The third-order valence-corrected chi connectivity index (χ3v) is 4.17. The molecule has 5 heteroatoms. The van der Waals surface area contributed by atoms with Crippen LogP contribution in [0.5, 0.6) is 5.75 Å². The van der Waals surface area contributed by atoms with Crippen LogP contribution in [0, 0.1) is 5.41 Å². The molecule has 2 aliphatic rings. The number of nitrogens with two attached hydrogens (primary N) is 1. The van der Waals surface area contributed by atoms with E-state index in [0.29, 0.717) is 18.0 Å². The molecule has 1 amide bonds. The van der Waals surface area contributed by atoms with Gasteiger partial charge in [-0.2, -0.15) is 0 Å². The van der Waals surface area contributed by atoms with Crippen LogP contribution in [0.4, 0.5) is 5.69 Å². The van der Waals surface area contributed by atoms with Crippen molar-refractivity contribution in [1.82, 2.24) is 0 Å². The number of aryl methyl sites for hydroxylation is 1. The Morgan fingerprint density at radius 1 is 1.40 bits per heavy atom. The Balaban J connectivity index is 1.64. The van der Waals surface area contributed by atoms with E-state index in [1.807, 2.05) is 18.2 Å². The molecule has 0 atom stereocenters. The summed E-state index contributed by atoms with van der Waals surface area (Å²) < 4.78 is 5.90. The van der Waals surface area contributed by atoms with E-state index < -0.39 is 0 Å². The summed E-state index contributed by atoms with van der Waals surface area (Å²) in [5, 5.41) is 2.87. The zero-order valence-electron chi connectivity index (χ0n) is 11.3. The normalized spacial score (nSPS) is 18.9. The van der Waals surface area contributed by atoms with Gasteiger partial charge in [0.25, 0.3) is 0 Å². The molecule has 1 aliphatic carbocycles. The smallest absolute Gasteiger partial charge is 0.224 e. The van der Waals surface area contributed by atoms with E-state index in [1.165, 1.54) is 0 Å². The average Bonchev–Trinajstić information content (AvgIpc) is 3.15. The van der Waals surface area contributed by atoms with E-state index in [2.05, 4.69) is 5.32 Å². The van der Waals surface area contributed by atoms with Crippen molar-refractivity contribution >= 4 is 28.8 Å². The highest BCUT2D eigenvalue weighted by molar-refractivity contribution is 7.80. The number of thiocarbonyl (C=S) groups is 1. The summed E-state index contributed by atoms with van der Waals surface area (Å²) in [4.78, 5) is 11.9. The van der Waals surface area contributed by atoms with Crippen LogP contribution in [-0.4, -0.2) is 17.5 Å². The second kappa shape index (κ2) is 5.05. The van der Waals surface area contributed by atoms with Crippen molar-refractivity contribution in [3.05, 3.63) is 23.8 Å². The number of anilines is 1. The van der Waals surface area contributed by atoms with E-state index in [9.17, 15) is 4.79 Å². The molecule has 106 valence electrons. The highest BCUT2D eigenvalue weighted by Gasteiger charge is 2.43. The summed E-state index contributed by atoms with van der Waals surface area (Å²) in [5.41, 5.74) is 7.83. The number of nitrogens with one attached hydrogen (secondary N) is 1. The van der Waals surface area contributed by atoms with E-state index in [0.717, 1.165) is 42.7 Å². The summed E-state index contributed by atoms with van der Waals surface area (Å²) >= 11 is 4.99. The van der Waals surface area contributed by atoms with Crippen LogP contribution in [0.15, 0.2) is 18.2 Å². The SMILES string of the molecule is NC(=S)CC1(COc2ccc3c(c2)CCC(=O)N3)CC1. The zero-order chi connectivity index (χ0) is 14.2. The van der Waals surface area contributed by atoms with Crippen LogP contribution >= 0.6 is 12.2 Å². The lowest BCUT2D eigenvalue weighted by Gasteiger charge is -2.19. The Bertz CT molecular complexity index is 567. The molecule has 0 saturated heterocycles. The first kappa shape index (κ1) is 13.4. The summed E-state index contributed by atoms with van der Waals surface area (Å²) in [5.74, 6) is 0.939. The molecule has 1 aromatic carbocycles. The molecule has 4 nitrogen and oxygen atoms in total. The van der Waals surface area contributed by atoms with Gasteiger partial charge in [0, 0.05) is 23.9 Å². The summed E-state index contributed by atoms with van der Waals surface area (Å²) in [6.45, 7) is 0.662. The molecule has 20 heavy (non-hydrogen) atoms. The van der Waals surface area contributed by atoms with Crippen molar-refractivity contribution in [2.75, 3.05) is 11.9 Å². The fourth-order valence-electron chi connectivity index (χ4n) is 2.60. The molecule has 1 heterocycles. The largest absolute Gasteiger partial charge is 0.493 e. The fourth-order valence-corrected chi connectivity index (χ4v) is 2.91. The average molecular weight is 290 g/mol. The molecular formula is C15H18N2O2S. The van der Waals surface area contributed by atoms with E-state index >= 15 is 0 Å². The zero-order valence-corrected chi connectivity index (χ0v) is 12.1. The van der Waals surface area contributed by atoms with Gasteiger partial charge >= 0.3 is 0 Å².